The van der Waals surface area contributed by atoms with E-state index in [4.69, 9.17) is 4.74 Å². The summed E-state index contributed by atoms with van der Waals surface area (Å²) in [6, 6.07) is 11.3. The molecule has 2 heterocycles. The molecule has 0 saturated carbocycles. The number of halogens is 7. The van der Waals surface area contributed by atoms with E-state index in [0.717, 1.165) is 34.9 Å². The number of thioether (sulfide) groups is 1. The molecule has 0 aliphatic carbocycles. The highest BCUT2D eigenvalue weighted by atomic mass is 32.2. The molecule has 3 amide bonds. The largest absolute Gasteiger partial charge is 0.491 e. The van der Waals surface area contributed by atoms with Crippen molar-refractivity contribution < 1.29 is 45.1 Å². The first-order valence-corrected chi connectivity index (χ1v) is 14.2. The maximum atomic E-state index is 15.0. The van der Waals surface area contributed by atoms with Gasteiger partial charge in [0.2, 0.25) is 5.91 Å². The van der Waals surface area contributed by atoms with E-state index in [1.165, 1.54) is 47.4 Å². The van der Waals surface area contributed by atoms with E-state index in [0.29, 0.717) is 11.1 Å². The zero-order chi connectivity index (χ0) is 33.2. The molecule has 0 spiro atoms. The highest BCUT2D eigenvalue weighted by molar-refractivity contribution is 8.15. The number of carbonyl (C=O) groups is 2. The van der Waals surface area contributed by atoms with Crippen LogP contribution in [0.2, 0.25) is 0 Å². The van der Waals surface area contributed by atoms with Gasteiger partial charge in [0.05, 0.1) is 41.4 Å². The zero-order valence-corrected chi connectivity index (χ0v) is 24.3. The Labute approximate surface area is 260 Å². The molecule has 0 radical (unpaired) electrons. The van der Waals surface area contributed by atoms with Crippen LogP contribution in [0.5, 0.6) is 5.75 Å². The van der Waals surface area contributed by atoms with Crippen molar-refractivity contribution in [2.24, 2.45) is 4.99 Å². The molecule has 1 N–H and O–H groups in total. The second-order valence-electron chi connectivity index (χ2n) is 9.78. The number of aliphatic imine (C=N–C) groups is 1. The highest BCUT2D eigenvalue weighted by Crippen LogP contribution is 2.36. The van der Waals surface area contributed by atoms with Crippen LogP contribution in [0.3, 0.4) is 0 Å². The van der Waals surface area contributed by atoms with Crippen LogP contribution < -0.4 is 15.0 Å². The molecule has 1 saturated heterocycles. The molecule has 0 unspecified atom stereocenters. The number of hydrogen-bond acceptors (Lipinski definition) is 6. The van der Waals surface area contributed by atoms with Crippen molar-refractivity contribution in [2.75, 3.05) is 22.6 Å². The smallest absolute Gasteiger partial charge is 0.416 e. The Hall–Kier alpha value is -4.93. The van der Waals surface area contributed by atoms with E-state index in [-0.39, 0.29) is 39.6 Å². The zero-order valence-electron chi connectivity index (χ0n) is 23.5. The van der Waals surface area contributed by atoms with Gasteiger partial charge < -0.3 is 10.1 Å². The lowest BCUT2D eigenvalue weighted by Gasteiger charge is -2.20. The summed E-state index contributed by atoms with van der Waals surface area (Å²) in [4.78, 5) is 34.5. The summed E-state index contributed by atoms with van der Waals surface area (Å²) in [5.74, 6) is -1.42. The monoisotopic (exact) mass is 666 g/mol. The minimum Gasteiger partial charge on any atom is -0.491 e. The fourth-order valence-electron chi connectivity index (χ4n) is 4.19. The van der Waals surface area contributed by atoms with Crippen molar-refractivity contribution in [3.63, 3.8) is 0 Å². The van der Waals surface area contributed by atoms with Crippen LogP contribution in [0.25, 0.3) is 17.1 Å². The number of urea groups is 1. The van der Waals surface area contributed by atoms with Gasteiger partial charge >= 0.3 is 18.4 Å². The van der Waals surface area contributed by atoms with Crippen LogP contribution >= 0.6 is 11.8 Å². The Morgan fingerprint density at radius 1 is 1.04 bits per heavy atom. The van der Waals surface area contributed by atoms with Gasteiger partial charge in [0, 0.05) is 11.6 Å². The molecule has 17 heteroatoms. The van der Waals surface area contributed by atoms with E-state index in [1.807, 2.05) is 0 Å². The summed E-state index contributed by atoms with van der Waals surface area (Å²) in [5.41, 5.74) is 0.149. The van der Waals surface area contributed by atoms with Gasteiger partial charge in [-0.15, -0.1) is 5.10 Å². The van der Waals surface area contributed by atoms with Gasteiger partial charge in [-0.1, -0.05) is 30.0 Å². The summed E-state index contributed by atoms with van der Waals surface area (Å²) in [6.45, 7) is 1.00. The summed E-state index contributed by atoms with van der Waals surface area (Å²) < 4.78 is 97.9. The first-order chi connectivity index (χ1) is 21.7. The number of amides is 3. The number of alkyl halides is 6. The van der Waals surface area contributed by atoms with Crippen molar-refractivity contribution in [3.8, 4) is 22.8 Å². The van der Waals surface area contributed by atoms with Crippen molar-refractivity contribution in [3.05, 3.63) is 83.9 Å². The number of nitrogens with one attached hydrogen (secondary N) is 1. The second kappa shape index (κ2) is 12.8. The summed E-state index contributed by atoms with van der Waals surface area (Å²) in [7, 11) is 0. The minimum absolute atomic E-state index is 0.0185. The van der Waals surface area contributed by atoms with Crippen LogP contribution in [-0.2, 0) is 11.0 Å². The van der Waals surface area contributed by atoms with E-state index >= 15 is 4.39 Å². The standard InChI is InChI=1S/C29H21F7N6O3S/c1-16-2-9-23(45-11-10-28(31,32)33)22(12-16)42-24(43)14-46-27(42)39-26(44)38-21-8-7-19(13-20(21)30)41-15-37-25(40-41)17-3-5-18(6-4-17)29(34,35)36/h2-9,12-13,15H,10-11,14H2,1H3,(H,38,44)/b39-27-. The minimum atomic E-state index is -4.50. The number of anilines is 2. The Bertz CT molecular complexity index is 1810. The number of ether oxygens (including phenoxy) is 1. The summed E-state index contributed by atoms with van der Waals surface area (Å²) in [6.07, 6.45) is -8.92. The van der Waals surface area contributed by atoms with Gasteiger partial charge in [-0.3, -0.25) is 9.69 Å². The maximum Gasteiger partial charge on any atom is 0.416 e. The number of carbonyl (C=O) groups excluding carboxylic acids is 2. The Balaban J connectivity index is 1.30. The van der Waals surface area contributed by atoms with E-state index in [1.54, 1.807) is 13.0 Å². The molecular formula is C29H21F7N6O3S. The number of nitrogens with zero attached hydrogens (tertiary/aromatic N) is 5. The normalized spacial score (nSPS) is 14.7. The van der Waals surface area contributed by atoms with E-state index < -0.39 is 48.7 Å². The van der Waals surface area contributed by atoms with Gasteiger partial charge in [-0.2, -0.15) is 31.3 Å². The first kappa shape index (κ1) is 32.5. The van der Waals surface area contributed by atoms with Crippen LogP contribution in [-0.4, -0.2) is 50.4 Å². The number of benzene rings is 3. The molecular weight excluding hydrogens is 645 g/mol. The van der Waals surface area contributed by atoms with Gasteiger partial charge in [0.15, 0.2) is 11.0 Å². The lowest BCUT2D eigenvalue weighted by molar-refractivity contribution is -0.139. The predicted molar refractivity (Wildman–Crippen MR) is 155 cm³/mol. The van der Waals surface area contributed by atoms with E-state index in [2.05, 4.69) is 20.4 Å². The quantitative estimate of drug-likeness (QED) is 0.206. The lowest BCUT2D eigenvalue weighted by Crippen LogP contribution is -2.31. The molecule has 0 bridgehead atoms. The molecule has 1 aromatic heterocycles. The molecule has 9 nitrogen and oxygen atoms in total. The fourth-order valence-corrected chi connectivity index (χ4v) is 5.05. The van der Waals surface area contributed by atoms with Gasteiger partial charge in [0.25, 0.3) is 0 Å². The Kier molecular flexibility index (Phi) is 9.05. The molecule has 5 rings (SSSR count). The maximum absolute atomic E-state index is 15.0. The van der Waals surface area contributed by atoms with Gasteiger partial charge in [-0.05, 0) is 48.9 Å². The molecule has 240 valence electrons. The van der Waals surface area contributed by atoms with Crippen molar-refractivity contribution in [1.29, 1.82) is 0 Å². The Morgan fingerprint density at radius 2 is 1.78 bits per heavy atom. The molecule has 46 heavy (non-hydrogen) atoms. The number of aryl methyl sites for hydroxylation is 1. The summed E-state index contributed by atoms with van der Waals surface area (Å²) >= 11 is 0.903. The predicted octanol–water partition coefficient (Wildman–Crippen LogP) is 7.40. The van der Waals surface area contributed by atoms with Crippen LogP contribution in [0.1, 0.15) is 17.5 Å². The number of rotatable bonds is 7. The van der Waals surface area contributed by atoms with Crippen LogP contribution in [0.15, 0.2) is 72.0 Å². The second-order valence-corrected chi connectivity index (χ2v) is 10.7. The fraction of sp³-hybridized carbons (Fsp3) is 0.207. The molecule has 1 aliphatic rings. The van der Waals surface area contributed by atoms with E-state index in [9.17, 15) is 35.9 Å². The molecule has 3 aromatic carbocycles. The Morgan fingerprint density at radius 3 is 2.46 bits per heavy atom. The average Bonchev–Trinajstić information content (AvgIpc) is 3.61. The third-order valence-corrected chi connectivity index (χ3v) is 7.31. The van der Waals surface area contributed by atoms with Crippen molar-refractivity contribution >= 4 is 40.2 Å². The average molecular weight is 667 g/mol. The molecule has 4 aromatic rings. The van der Waals surface area contributed by atoms with Crippen molar-refractivity contribution in [2.45, 2.75) is 25.7 Å². The lowest BCUT2D eigenvalue weighted by atomic mass is 10.1. The van der Waals surface area contributed by atoms with Gasteiger partial charge in [0.1, 0.15) is 17.9 Å². The first-order valence-electron chi connectivity index (χ1n) is 13.2. The van der Waals surface area contributed by atoms with Gasteiger partial charge in [-0.25, -0.2) is 18.9 Å². The number of hydrogen-bond donors (Lipinski definition) is 1. The van der Waals surface area contributed by atoms with Crippen LogP contribution in [0, 0.1) is 12.7 Å². The third kappa shape index (κ3) is 7.64. The molecule has 0 atom stereocenters. The number of aromatic nitrogens is 3. The molecule has 1 fully saturated rings. The van der Waals surface area contributed by atoms with Crippen molar-refractivity contribution in [1.82, 2.24) is 14.8 Å². The summed E-state index contributed by atoms with van der Waals surface area (Å²) in [5, 5.41) is 6.36. The number of amidine groups is 1. The highest BCUT2D eigenvalue weighted by Gasteiger charge is 2.34. The SMILES string of the molecule is Cc1ccc(OCCC(F)(F)F)c(N2C(=O)CS/C2=N\C(=O)Nc2ccc(-n3cnc(-c4ccc(C(F)(F)F)cc4)n3)cc2F)c1. The topological polar surface area (TPSA) is 102 Å². The molecule has 1 aliphatic heterocycles. The van der Waals surface area contributed by atoms with Crippen LogP contribution in [0.4, 0.5) is 46.9 Å². The third-order valence-electron chi connectivity index (χ3n) is 6.38.